The normalized spacial score (nSPS) is 27.9. The van der Waals surface area contributed by atoms with Crippen molar-refractivity contribution in [1.29, 1.82) is 0 Å². The Bertz CT molecular complexity index is 299. The van der Waals surface area contributed by atoms with Crippen molar-refractivity contribution in [3.8, 4) is 0 Å². The first-order valence-corrected chi connectivity index (χ1v) is 7.64. The van der Waals surface area contributed by atoms with Crippen molar-refractivity contribution >= 4 is 5.78 Å². The SMILES string of the molecule is CC(=O)C1CCN(CC2CN(C(C)C)CCO2)CC1. The second-order valence-electron chi connectivity index (χ2n) is 6.27. The van der Waals surface area contributed by atoms with Gasteiger partial charge in [0.05, 0.1) is 12.7 Å². The number of morpholine rings is 1. The van der Waals surface area contributed by atoms with E-state index in [1.165, 1.54) is 0 Å². The van der Waals surface area contributed by atoms with E-state index in [4.69, 9.17) is 4.74 Å². The van der Waals surface area contributed by atoms with Gasteiger partial charge in [-0.2, -0.15) is 0 Å². The molecule has 2 saturated heterocycles. The molecule has 0 aromatic rings. The highest BCUT2D eigenvalue weighted by Crippen LogP contribution is 2.19. The second-order valence-corrected chi connectivity index (χ2v) is 6.27. The smallest absolute Gasteiger partial charge is 0.133 e. The lowest BCUT2D eigenvalue weighted by molar-refractivity contribution is -0.122. The molecular weight excluding hydrogens is 240 g/mol. The van der Waals surface area contributed by atoms with Gasteiger partial charge in [0.1, 0.15) is 5.78 Å². The molecule has 0 aliphatic carbocycles. The van der Waals surface area contributed by atoms with E-state index in [1.54, 1.807) is 6.92 Å². The van der Waals surface area contributed by atoms with Gasteiger partial charge in [-0.15, -0.1) is 0 Å². The fraction of sp³-hybridized carbons (Fsp3) is 0.933. The number of carbonyl (C=O) groups excluding carboxylic acids is 1. The van der Waals surface area contributed by atoms with Crippen molar-refractivity contribution in [1.82, 2.24) is 9.80 Å². The summed E-state index contributed by atoms with van der Waals surface area (Å²) in [4.78, 5) is 16.3. The van der Waals surface area contributed by atoms with Gasteiger partial charge in [0.15, 0.2) is 0 Å². The molecule has 110 valence electrons. The lowest BCUT2D eigenvalue weighted by Crippen LogP contribution is -2.50. The third-order valence-electron chi connectivity index (χ3n) is 4.52. The molecule has 0 saturated carbocycles. The standard InChI is InChI=1S/C15H28N2O2/c1-12(2)17-8-9-19-15(11-17)10-16-6-4-14(5-7-16)13(3)18/h12,14-15H,4-11H2,1-3H3. The number of Topliss-reactive ketones (excluding diaryl/α,β-unsaturated/α-hetero) is 1. The van der Waals surface area contributed by atoms with Crippen molar-refractivity contribution < 1.29 is 9.53 Å². The van der Waals surface area contributed by atoms with Gasteiger partial charge in [-0.1, -0.05) is 0 Å². The van der Waals surface area contributed by atoms with Crippen molar-refractivity contribution in [2.24, 2.45) is 5.92 Å². The Balaban J connectivity index is 1.74. The fourth-order valence-corrected chi connectivity index (χ4v) is 3.13. The molecule has 0 aromatic heterocycles. The lowest BCUT2D eigenvalue weighted by Gasteiger charge is -2.39. The maximum absolute atomic E-state index is 11.4. The van der Waals surface area contributed by atoms with Gasteiger partial charge in [0.25, 0.3) is 0 Å². The average molecular weight is 268 g/mol. The Labute approximate surface area is 117 Å². The number of ether oxygens (including phenoxy) is 1. The molecular formula is C15H28N2O2. The van der Waals surface area contributed by atoms with Crippen LogP contribution in [0.1, 0.15) is 33.6 Å². The maximum Gasteiger partial charge on any atom is 0.133 e. The minimum Gasteiger partial charge on any atom is -0.374 e. The van der Waals surface area contributed by atoms with Gasteiger partial charge in [0.2, 0.25) is 0 Å². The number of hydrogen-bond donors (Lipinski definition) is 0. The van der Waals surface area contributed by atoms with E-state index in [1.807, 2.05) is 0 Å². The van der Waals surface area contributed by atoms with Crippen molar-refractivity contribution in [2.75, 3.05) is 39.3 Å². The summed E-state index contributed by atoms with van der Waals surface area (Å²) < 4.78 is 5.89. The highest BCUT2D eigenvalue weighted by atomic mass is 16.5. The summed E-state index contributed by atoms with van der Waals surface area (Å²) >= 11 is 0. The maximum atomic E-state index is 11.4. The molecule has 0 radical (unpaired) electrons. The molecule has 1 atom stereocenters. The third-order valence-corrected chi connectivity index (χ3v) is 4.52. The van der Waals surface area contributed by atoms with Crippen LogP contribution in [0.25, 0.3) is 0 Å². The number of likely N-dealkylation sites (tertiary alicyclic amines) is 1. The van der Waals surface area contributed by atoms with Crippen molar-refractivity contribution in [3.05, 3.63) is 0 Å². The molecule has 0 amide bonds. The zero-order valence-corrected chi connectivity index (χ0v) is 12.6. The summed E-state index contributed by atoms with van der Waals surface area (Å²) in [5.74, 6) is 0.662. The van der Waals surface area contributed by atoms with Crippen LogP contribution in [0.5, 0.6) is 0 Å². The van der Waals surface area contributed by atoms with Crippen LogP contribution in [0.15, 0.2) is 0 Å². The highest BCUT2D eigenvalue weighted by molar-refractivity contribution is 5.78. The average Bonchev–Trinajstić information content (AvgIpc) is 2.39. The summed E-state index contributed by atoms with van der Waals surface area (Å²) in [6, 6.07) is 0.606. The molecule has 2 fully saturated rings. The van der Waals surface area contributed by atoms with E-state index in [-0.39, 0.29) is 0 Å². The van der Waals surface area contributed by atoms with Crippen LogP contribution in [-0.4, -0.2) is 67.1 Å². The van der Waals surface area contributed by atoms with Gasteiger partial charge in [-0.3, -0.25) is 9.69 Å². The number of rotatable bonds is 4. The van der Waals surface area contributed by atoms with Crippen LogP contribution in [0.3, 0.4) is 0 Å². The van der Waals surface area contributed by atoms with E-state index in [2.05, 4.69) is 23.6 Å². The summed E-state index contributed by atoms with van der Waals surface area (Å²) in [6.07, 6.45) is 2.39. The predicted octanol–water partition coefficient (Wildman–Crippen LogP) is 1.40. The largest absolute Gasteiger partial charge is 0.374 e. The van der Waals surface area contributed by atoms with Gasteiger partial charge < -0.3 is 9.64 Å². The van der Waals surface area contributed by atoms with E-state index in [9.17, 15) is 4.79 Å². The van der Waals surface area contributed by atoms with Crippen LogP contribution in [0, 0.1) is 5.92 Å². The molecule has 2 aliphatic heterocycles. The van der Waals surface area contributed by atoms with Gasteiger partial charge >= 0.3 is 0 Å². The number of carbonyl (C=O) groups is 1. The van der Waals surface area contributed by atoms with Gasteiger partial charge in [-0.05, 0) is 46.7 Å². The third kappa shape index (κ3) is 4.26. The minimum atomic E-state index is 0.302. The highest BCUT2D eigenvalue weighted by Gasteiger charge is 2.27. The number of ketones is 1. The van der Waals surface area contributed by atoms with Crippen molar-refractivity contribution in [3.63, 3.8) is 0 Å². The molecule has 0 spiro atoms. The zero-order valence-electron chi connectivity index (χ0n) is 12.6. The van der Waals surface area contributed by atoms with E-state index in [0.717, 1.165) is 52.2 Å². The Morgan fingerprint density at radius 3 is 2.53 bits per heavy atom. The fourth-order valence-electron chi connectivity index (χ4n) is 3.13. The van der Waals surface area contributed by atoms with E-state index in [0.29, 0.717) is 23.8 Å². The summed E-state index contributed by atoms with van der Waals surface area (Å²) in [5.41, 5.74) is 0. The molecule has 2 rings (SSSR count). The molecule has 0 bridgehead atoms. The minimum absolute atomic E-state index is 0.302. The molecule has 0 N–H and O–H groups in total. The van der Waals surface area contributed by atoms with Gasteiger partial charge in [0, 0.05) is 31.6 Å². The Kier molecular flexibility index (Phi) is 5.37. The molecule has 4 nitrogen and oxygen atoms in total. The summed E-state index contributed by atoms with van der Waals surface area (Å²) in [6.45, 7) is 12.3. The Morgan fingerprint density at radius 1 is 1.26 bits per heavy atom. The zero-order chi connectivity index (χ0) is 13.8. The Hall–Kier alpha value is -0.450. The monoisotopic (exact) mass is 268 g/mol. The van der Waals surface area contributed by atoms with Crippen LogP contribution < -0.4 is 0 Å². The molecule has 2 aliphatic rings. The van der Waals surface area contributed by atoms with E-state index < -0.39 is 0 Å². The topological polar surface area (TPSA) is 32.8 Å². The first kappa shape index (κ1) is 14.9. The van der Waals surface area contributed by atoms with Gasteiger partial charge in [-0.25, -0.2) is 0 Å². The molecule has 19 heavy (non-hydrogen) atoms. The number of piperidine rings is 1. The Morgan fingerprint density at radius 2 is 1.95 bits per heavy atom. The quantitative estimate of drug-likeness (QED) is 0.771. The van der Waals surface area contributed by atoms with E-state index >= 15 is 0 Å². The second kappa shape index (κ2) is 6.82. The first-order chi connectivity index (χ1) is 9.06. The predicted molar refractivity (Wildman–Crippen MR) is 76.3 cm³/mol. The molecule has 4 heteroatoms. The van der Waals surface area contributed by atoms with Crippen molar-refractivity contribution in [2.45, 2.75) is 45.8 Å². The number of nitrogens with zero attached hydrogens (tertiary/aromatic N) is 2. The van der Waals surface area contributed by atoms with Crippen LogP contribution in [-0.2, 0) is 9.53 Å². The van der Waals surface area contributed by atoms with Crippen LogP contribution in [0.4, 0.5) is 0 Å². The lowest BCUT2D eigenvalue weighted by atomic mass is 9.93. The summed E-state index contributed by atoms with van der Waals surface area (Å²) in [5, 5.41) is 0. The molecule has 1 unspecified atom stereocenters. The van der Waals surface area contributed by atoms with Crippen LogP contribution >= 0.6 is 0 Å². The number of hydrogen-bond acceptors (Lipinski definition) is 4. The van der Waals surface area contributed by atoms with Crippen LogP contribution in [0.2, 0.25) is 0 Å². The first-order valence-electron chi connectivity index (χ1n) is 7.64. The molecule has 0 aromatic carbocycles. The summed E-state index contributed by atoms with van der Waals surface area (Å²) in [7, 11) is 0. The molecule has 2 heterocycles.